The summed E-state index contributed by atoms with van der Waals surface area (Å²) in [4.78, 5) is 30.9. The molecule has 1 amide bonds. The van der Waals surface area contributed by atoms with Crippen LogP contribution in [0.1, 0.15) is 15.9 Å². The Kier molecular flexibility index (Phi) is 8.81. The Labute approximate surface area is 261 Å². The second-order valence-electron chi connectivity index (χ2n) is 10.4. The number of aromatic nitrogens is 2. The Balaban J connectivity index is 1.46. The first-order chi connectivity index (χ1) is 21.9. The highest BCUT2D eigenvalue weighted by Gasteiger charge is 2.29. The maximum atomic E-state index is 13.5. The molecule has 3 N–H and O–H groups in total. The van der Waals surface area contributed by atoms with E-state index < -0.39 is 35.4 Å². The summed E-state index contributed by atoms with van der Waals surface area (Å²) in [6, 6.07) is 16.9. The van der Waals surface area contributed by atoms with Gasteiger partial charge in [0.25, 0.3) is 5.91 Å². The summed E-state index contributed by atoms with van der Waals surface area (Å²) in [5.41, 5.74) is 8.83. The number of methoxy groups -OCH3 is 2. The normalized spacial score (nSPS) is 11.3. The van der Waals surface area contributed by atoms with Crippen molar-refractivity contribution in [3.05, 3.63) is 112 Å². The average Bonchev–Trinajstić information content (AvgIpc) is 3.01. The maximum absolute atomic E-state index is 13.5. The summed E-state index contributed by atoms with van der Waals surface area (Å²) in [7, 11) is 3.09. The van der Waals surface area contributed by atoms with Crippen LogP contribution in [0.5, 0.6) is 11.5 Å². The van der Waals surface area contributed by atoms with E-state index in [1.807, 2.05) is 18.2 Å². The number of rotatable bonds is 8. The molecule has 3 aromatic carbocycles. The van der Waals surface area contributed by atoms with E-state index in [1.54, 1.807) is 51.6 Å². The molecule has 8 nitrogen and oxygen atoms in total. The summed E-state index contributed by atoms with van der Waals surface area (Å²) in [6.45, 7) is 0.354. The number of anilines is 2. The van der Waals surface area contributed by atoms with Crippen molar-refractivity contribution < 1.29 is 31.8 Å². The van der Waals surface area contributed by atoms with E-state index in [4.69, 9.17) is 15.2 Å². The molecule has 0 aliphatic carbocycles. The van der Waals surface area contributed by atoms with Gasteiger partial charge in [0.2, 0.25) is 5.43 Å². The molecule has 0 saturated heterocycles. The monoisotopic (exact) mass is 632 g/mol. The first kappa shape index (κ1) is 31.8. The number of carbonyl (C=O) groups is 1. The molecule has 0 spiro atoms. The number of pyridine rings is 2. The number of nitrogens with two attached hydrogens (primary N) is 1. The quantitative estimate of drug-likeness (QED) is 0.177. The van der Waals surface area contributed by atoms with Gasteiger partial charge in [0, 0.05) is 41.0 Å². The van der Waals surface area contributed by atoms with Gasteiger partial charge in [0.05, 0.1) is 14.2 Å². The van der Waals surface area contributed by atoms with Gasteiger partial charge in [0.15, 0.2) is 11.5 Å². The number of hydrogen-bond acceptors (Lipinski definition) is 6. The van der Waals surface area contributed by atoms with Crippen LogP contribution in [0.2, 0.25) is 0 Å². The van der Waals surface area contributed by atoms with Crippen LogP contribution in [-0.2, 0) is 6.54 Å². The number of alkyl halides is 3. The van der Waals surface area contributed by atoms with Crippen LogP contribution in [0.25, 0.3) is 33.4 Å². The number of aryl methyl sites for hydroxylation is 1. The largest absolute Gasteiger partial charge is 0.493 e. The van der Waals surface area contributed by atoms with Crippen LogP contribution in [-0.4, -0.2) is 35.9 Å². The van der Waals surface area contributed by atoms with Crippen molar-refractivity contribution in [2.75, 3.05) is 25.3 Å². The van der Waals surface area contributed by atoms with E-state index in [0.717, 1.165) is 41.2 Å². The minimum absolute atomic E-state index is 0.165. The Morgan fingerprint density at radius 2 is 1.57 bits per heavy atom. The smallest absolute Gasteiger partial charge is 0.406 e. The molecule has 46 heavy (non-hydrogen) atoms. The minimum atomic E-state index is -4.62. The number of nitrogens with zero attached hydrogens (tertiary/aromatic N) is 2. The molecular formula is C34H28F4N4O4. The van der Waals surface area contributed by atoms with Gasteiger partial charge in [-0.3, -0.25) is 9.59 Å². The molecule has 0 atom stereocenters. The Morgan fingerprint density at radius 3 is 2.22 bits per heavy atom. The topological polar surface area (TPSA) is 108 Å². The van der Waals surface area contributed by atoms with Crippen molar-refractivity contribution in [3.63, 3.8) is 0 Å². The predicted molar refractivity (Wildman–Crippen MR) is 167 cm³/mol. The number of nitrogen functional groups attached to an aromatic ring is 1. The molecule has 12 heteroatoms. The van der Waals surface area contributed by atoms with Gasteiger partial charge in [-0.1, -0.05) is 24.3 Å². The van der Waals surface area contributed by atoms with E-state index >= 15 is 0 Å². The maximum Gasteiger partial charge on any atom is 0.406 e. The fraction of sp³-hybridized carbons (Fsp3) is 0.147. The van der Waals surface area contributed by atoms with Gasteiger partial charge < -0.3 is 25.1 Å². The first-order valence-electron chi connectivity index (χ1n) is 13.8. The number of carbonyl (C=O) groups excluding carboxylic acids is 1. The lowest BCUT2D eigenvalue weighted by Crippen LogP contribution is -2.27. The highest BCUT2D eigenvalue weighted by atomic mass is 19.4. The molecule has 5 aromatic rings. The number of benzene rings is 3. The highest BCUT2D eigenvalue weighted by Crippen LogP contribution is 2.36. The van der Waals surface area contributed by atoms with Gasteiger partial charge in [0.1, 0.15) is 23.7 Å². The summed E-state index contributed by atoms with van der Waals surface area (Å²) in [5, 5.41) is 2.61. The third-order valence-electron chi connectivity index (χ3n) is 7.25. The van der Waals surface area contributed by atoms with Gasteiger partial charge in [-0.2, -0.15) is 13.2 Å². The SMILES string of the molecule is COc1ccc(-c2cnc(N)c(-c3ccc(NC(=O)c4cn(CC(F)(F)F)cc(-c5ccc(F)cc5)c4=O)cc3C)c2)cc1OC. The van der Waals surface area contributed by atoms with Gasteiger partial charge in [-0.05, 0) is 71.6 Å². The highest BCUT2D eigenvalue weighted by molar-refractivity contribution is 6.05. The Morgan fingerprint density at radius 1 is 0.870 bits per heavy atom. The van der Waals surface area contributed by atoms with Crippen molar-refractivity contribution in [1.29, 1.82) is 0 Å². The van der Waals surface area contributed by atoms with Crippen LogP contribution >= 0.6 is 0 Å². The van der Waals surface area contributed by atoms with Crippen molar-refractivity contribution in [2.45, 2.75) is 19.6 Å². The zero-order valence-corrected chi connectivity index (χ0v) is 24.9. The van der Waals surface area contributed by atoms with Crippen molar-refractivity contribution in [2.24, 2.45) is 0 Å². The zero-order valence-electron chi connectivity index (χ0n) is 24.9. The van der Waals surface area contributed by atoms with E-state index in [0.29, 0.717) is 32.9 Å². The van der Waals surface area contributed by atoms with Crippen LogP contribution in [0.15, 0.2) is 90.1 Å². The molecular weight excluding hydrogens is 604 g/mol. The molecule has 2 aromatic heterocycles. The Hall–Kier alpha value is -5.65. The number of ether oxygens (including phenoxy) is 2. The van der Waals surface area contributed by atoms with Gasteiger partial charge in [-0.15, -0.1) is 0 Å². The first-order valence-corrected chi connectivity index (χ1v) is 13.8. The molecule has 2 heterocycles. The number of halogens is 4. The fourth-order valence-corrected chi connectivity index (χ4v) is 5.03. The molecule has 0 bridgehead atoms. The number of hydrogen-bond donors (Lipinski definition) is 2. The molecule has 236 valence electrons. The van der Waals surface area contributed by atoms with E-state index in [1.165, 1.54) is 12.1 Å². The second-order valence-corrected chi connectivity index (χ2v) is 10.4. The van der Waals surface area contributed by atoms with E-state index in [2.05, 4.69) is 10.3 Å². The van der Waals surface area contributed by atoms with E-state index in [-0.39, 0.29) is 16.9 Å². The van der Waals surface area contributed by atoms with E-state index in [9.17, 15) is 27.2 Å². The minimum Gasteiger partial charge on any atom is -0.493 e. The van der Waals surface area contributed by atoms with Crippen LogP contribution in [0, 0.1) is 12.7 Å². The standard InChI is InChI=1S/C34H28F4N4O4/c1-19-12-24(9-10-25(19)26-13-22(15-40-32(26)39)21-6-11-29(45-2)30(14-21)46-3)41-33(44)28-17-42(18-34(36,37)38)16-27(31(28)43)20-4-7-23(35)8-5-20/h4-17H,18H2,1-3H3,(H2,39,40)(H,41,44). The van der Waals surface area contributed by atoms with Crippen molar-refractivity contribution in [3.8, 4) is 44.9 Å². The zero-order chi connectivity index (χ0) is 33.2. The summed E-state index contributed by atoms with van der Waals surface area (Å²) >= 11 is 0. The molecule has 5 rings (SSSR count). The molecule has 0 fully saturated rings. The summed E-state index contributed by atoms with van der Waals surface area (Å²) in [6.07, 6.45) is -1.14. The second kappa shape index (κ2) is 12.8. The molecule has 0 saturated carbocycles. The lowest BCUT2D eigenvalue weighted by Gasteiger charge is -2.15. The van der Waals surface area contributed by atoms with Gasteiger partial charge in [-0.25, -0.2) is 9.37 Å². The molecule has 0 radical (unpaired) electrons. The molecule has 0 unspecified atom stereocenters. The van der Waals surface area contributed by atoms with Crippen LogP contribution in [0.3, 0.4) is 0 Å². The molecule has 0 aliphatic heterocycles. The van der Waals surface area contributed by atoms with Crippen molar-refractivity contribution >= 4 is 17.4 Å². The van der Waals surface area contributed by atoms with Crippen LogP contribution < -0.4 is 26.0 Å². The lowest BCUT2D eigenvalue weighted by molar-refractivity contribution is -0.140. The molecule has 0 aliphatic rings. The third-order valence-corrected chi connectivity index (χ3v) is 7.25. The predicted octanol–water partition coefficient (Wildman–Crippen LogP) is 7.11. The Bertz CT molecular complexity index is 1990. The van der Waals surface area contributed by atoms with Crippen molar-refractivity contribution in [1.82, 2.24) is 9.55 Å². The number of amides is 1. The van der Waals surface area contributed by atoms with Crippen LogP contribution in [0.4, 0.5) is 29.1 Å². The lowest BCUT2D eigenvalue weighted by atomic mass is 9.97. The number of nitrogens with one attached hydrogen (secondary N) is 1. The fourth-order valence-electron chi connectivity index (χ4n) is 5.03. The van der Waals surface area contributed by atoms with Gasteiger partial charge >= 0.3 is 6.18 Å². The average molecular weight is 633 g/mol. The third kappa shape index (κ3) is 6.85. The summed E-state index contributed by atoms with van der Waals surface area (Å²) < 4.78 is 64.7. The summed E-state index contributed by atoms with van der Waals surface area (Å²) in [5.74, 6) is -0.106.